The van der Waals surface area contributed by atoms with Gasteiger partial charge < -0.3 is 25.0 Å². The molecule has 1 aromatic heterocycles. The summed E-state index contributed by atoms with van der Waals surface area (Å²) < 4.78 is 51.9. The van der Waals surface area contributed by atoms with Crippen molar-refractivity contribution in [2.24, 2.45) is 5.73 Å². The average Bonchev–Trinajstić information content (AvgIpc) is 3.27. The smallest absolute Gasteiger partial charge is 0.392 e. The lowest BCUT2D eigenvalue weighted by Crippen LogP contribution is -2.66. The van der Waals surface area contributed by atoms with Crippen molar-refractivity contribution >= 4 is 23.7 Å². The van der Waals surface area contributed by atoms with Gasteiger partial charge in [0.25, 0.3) is 0 Å². The number of rotatable bonds is 5. The number of esters is 2. The van der Waals surface area contributed by atoms with E-state index < -0.39 is 40.9 Å². The maximum absolute atomic E-state index is 13.8. The van der Waals surface area contributed by atoms with Gasteiger partial charge in [-0.15, -0.1) is 0 Å². The molecule has 208 valence electrons. The summed E-state index contributed by atoms with van der Waals surface area (Å²) in [6.45, 7) is 1.16. The van der Waals surface area contributed by atoms with Crippen LogP contribution in [0.3, 0.4) is 0 Å². The van der Waals surface area contributed by atoms with Gasteiger partial charge in [-0.05, 0) is 24.5 Å². The Hall–Kier alpha value is -3.78. The highest BCUT2D eigenvalue weighted by molar-refractivity contribution is 6.32. The number of cyclic esters (lactones) is 2. The number of nitrogens with two attached hydrogens (primary N) is 1. The van der Waals surface area contributed by atoms with Gasteiger partial charge >= 0.3 is 29.9 Å². The summed E-state index contributed by atoms with van der Waals surface area (Å²) in [5, 5.41) is 0. The van der Waals surface area contributed by atoms with Gasteiger partial charge in [-0.1, -0.05) is 18.2 Å². The van der Waals surface area contributed by atoms with Gasteiger partial charge in [0.15, 0.2) is 0 Å². The number of carbonyl (C=O) groups is 3. The fourth-order valence-electron chi connectivity index (χ4n) is 5.51. The Morgan fingerprint density at radius 3 is 2.18 bits per heavy atom. The van der Waals surface area contributed by atoms with E-state index in [2.05, 4.69) is 9.97 Å². The molecule has 0 bridgehead atoms. The minimum absolute atomic E-state index is 0.0264. The Kier molecular flexibility index (Phi) is 6.93. The van der Waals surface area contributed by atoms with Crippen LogP contribution in [0.2, 0.25) is 0 Å². The summed E-state index contributed by atoms with van der Waals surface area (Å²) in [6.07, 6.45) is 0.417. The first-order valence-corrected chi connectivity index (χ1v) is 12.5. The summed E-state index contributed by atoms with van der Waals surface area (Å²) in [4.78, 5) is 51.1. The molecule has 0 aliphatic carbocycles. The topological polar surface area (TPSA) is 131 Å². The fraction of sp³-hybridized carbons (Fsp3) is 0.480. The van der Waals surface area contributed by atoms with Gasteiger partial charge in [0.2, 0.25) is 0 Å². The quantitative estimate of drug-likeness (QED) is 0.425. The zero-order valence-electron chi connectivity index (χ0n) is 20.9. The first kappa shape index (κ1) is 26.8. The molecule has 11 nitrogen and oxygen atoms in total. The van der Waals surface area contributed by atoms with Crippen molar-refractivity contribution < 1.29 is 37.0 Å². The second-order valence-corrected chi connectivity index (χ2v) is 9.72. The second kappa shape index (κ2) is 10.1. The Morgan fingerprint density at radius 1 is 0.974 bits per heavy atom. The lowest BCUT2D eigenvalue weighted by molar-refractivity contribution is -0.250. The van der Waals surface area contributed by atoms with Crippen molar-refractivity contribution in [2.75, 3.05) is 50.7 Å². The lowest BCUT2D eigenvalue weighted by Gasteiger charge is -2.46. The Bertz CT molecular complexity index is 1230. The minimum Gasteiger partial charge on any atom is -0.392 e. The zero-order chi connectivity index (χ0) is 27.8. The number of likely N-dealkylation sites (tertiary alicyclic amines) is 1. The van der Waals surface area contributed by atoms with Crippen LogP contribution in [-0.2, 0) is 35.4 Å². The van der Waals surface area contributed by atoms with Crippen molar-refractivity contribution in [3.8, 4) is 0 Å². The van der Waals surface area contributed by atoms with Crippen LogP contribution in [0.15, 0.2) is 42.9 Å². The molecule has 2 N–H and O–H groups in total. The highest BCUT2D eigenvalue weighted by Crippen LogP contribution is 2.43. The number of anilines is 1. The third kappa shape index (κ3) is 4.78. The molecule has 14 heteroatoms. The van der Waals surface area contributed by atoms with E-state index in [0.29, 0.717) is 18.9 Å². The Labute approximate surface area is 221 Å². The third-order valence-corrected chi connectivity index (χ3v) is 7.67. The molecule has 0 spiro atoms. The molecule has 2 aromatic rings. The van der Waals surface area contributed by atoms with Crippen molar-refractivity contribution in [3.63, 3.8) is 0 Å². The predicted octanol–water partition coefficient (Wildman–Crippen LogP) is 0.890. The molecular formula is C25H27F3N6O5. The summed E-state index contributed by atoms with van der Waals surface area (Å²) in [7, 11) is 0. The largest absolute Gasteiger partial charge is 0.422 e. The Morgan fingerprint density at radius 2 is 1.62 bits per heavy atom. The molecule has 3 aliphatic rings. The van der Waals surface area contributed by atoms with Crippen LogP contribution < -0.4 is 10.6 Å². The first-order chi connectivity index (χ1) is 18.6. The van der Waals surface area contributed by atoms with Crippen LogP contribution >= 0.6 is 0 Å². The second-order valence-electron chi connectivity index (χ2n) is 9.72. The van der Waals surface area contributed by atoms with E-state index in [1.807, 2.05) is 4.90 Å². The maximum Gasteiger partial charge on any atom is 0.422 e. The van der Waals surface area contributed by atoms with E-state index in [0.717, 1.165) is 6.07 Å². The van der Waals surface area contributed by atoms with Gasteiger partial charge in [0.1, 0.15) is 5.82 Å². The van der Waals surface area contributed by atoms with E-state index >= 15 is 0 Å². The average molecular weight is 549 g/mol. The number of nitrogens with zero attached hydrogens (tertiary/aromatic N) is 5. The highest BCUT2D eigenvalue weighted by atomic mass is 19.4. The summed E-state index contributed by atoms with van der Waals surface area (Å²) in [6, 6.07) is 5.31. The molecule has 1 amide bonds. The molecule has 4 heterocycles. The SMILES string of the molecule is NCC1(c2ccccc2C(F)(F)F)CCN(C(=O)C2(N3CCN(c4cnccn4)CC3)OC(=O)C(=O)O2)CC1. The number of carbonyl (C=O) groups excluding carboxylic acids is 3. The number of halogens is 3. The molecule has 39 heavy (non-hydrogen) atoms. The van der Waals surface area contributed by atoms with Gasteiger partial charge in [-0.2, -0.15) is 13.2 Å². The standard InChI is InChI=1S/C25H27F3N6O5/c26-24(27,28)18-4-2-1-3-17(18)23(16-29)5-9-33(10-6-23)22(37)25(38-20(35)21(36)39-25)34-13-11-32(12-14-34)19-15-30-7-8-31-19/h1-4,7-8,15H,5-6,9-14,16,29H2. The number of piperazine rings is 1. The predicted molar refractivity (Wildman–Crippen MR) is 129 cm³/mol. The van der Waals surface area contributed by atoms with E-state index in [-0.39, 0.29) is 51.1 Å². The highest BCUT2D eigenvalue weighted by Gasteiger charge is 2.61. The lowest BCUT2D eigenvalue weighted by atomic mass is 9.71. The van der Waals surface area contributed by atoms with E-state index in [1.54, 1.807) is 18.6 Å². The van der Waals surface area contributed by atoms with Crippen LogP contribution in [0.5, 0.6) is 0 Å². The molecule has 0 unspecified atom stereocenters. The van der Waals surface area contributed by atoms with Gasteiger partial charge in [0, 0.05) is 63.6 Å². The molecule has 0 atom stereocenters. The normalized spacial score (nSPS) is 21.4. The van der Waals surface area contributed by atoms with Crippen LogP contribution in [0.1, 0.15) is 24.0 Å². The number of ether oxygens (including phenoxy) is 2. The molecule has 1 aromatic carbocycles. The monoisotopic (exact) mass is 548 g/mol. The van der Waals surface area contributed by atoms with Crippen molar-refractivity contribution in [2.45, 2.75) is 30.3 Å². The maximum atomic E-state index is 13.8. The van der Waals surface area contributed by atoms with Crippen LogP contribution in [0.4, 0.5) is 19.0 Å². The Balaban J connectivity index is 1.35. The van der Waals surface area contributed by atoms with E-state index in [1.165, 1.54) is 28.0 Å². The van der Waals surface area contributed by atoms with Crippen molar-refractivity contribution in [3.05, 3.63) is 54.0 Å². The van der Waals surface area contributed by atoms with Gasteiger partial charge in [-0.25, -0.2) is 19.5 Å². The fourth-order valence-corrected chi connectivity index (χ4v) is 5.51. The third-order valence-electron chi connectivity index (χ3n) is 7.67. The van der Waals surface area contributed by atoms with Crippen LogP contribution in [0, 0.1) is 0 Å². The molecule has 3 aliphatic heterocycles. The van der Waals surface area contributed by atoms with Crippen LogP contribution in [0.25, 0.3) is 0 Å². The summed E-state index contributed by atoms with van der Waals surface area (Å²) >= 11 is 0. The number of amides is 1. The van der Waals surface area contributed by atoms with Crippen LogP contribution in [-0.4, -0.2) is 89.3 Å². The summed E-state index contributed by atoms with van der Waals surface area (Å²) in [5.74, 6) is -4.98. The summed E-state index contributed by atoms with van der Waals surface area (Å²) in [5.41, 5.74) is 4.35. The minimum atomic E-state index is -4.56. The molecular weight excluding hydrogens is 521 g/mol. The molecule has 0 saturated carbocycles. The van der Waals surface area contributed by atoms with E-state index in [9.17, 15) is 27.6 Å². The van der Waals surface area contributed by atoms with Gasteiger partial charge in [-0.3, -0.25) is 9.78 Å². The first-order valence-electron chi connectivity index (χ1n) is 12.5. The molecule has 3 saturated heterocycles. The van der Waals surface area contributed by atoms with Gasteiger partial charge in [0.05, 0.1) is 11.8 Å². The molecule has 5 rings (SSSR count). The van der Waals surface area contributed by atoms with E-state index in [4.69, 9.17) is 15.2 Å². The molecule has 3 fully saturated rings. The number of benzene rings is 1. The zero-order valence-corrected chi connectivity index (χ0v) is 20.9. The van der Waals surface area contributed by atoms with Crippen molar-refractivity contribution in [1.82, 2.24) is 19.8 Å². The van der Waals surface area contributed by atoms with Crippen molar-refractivity contribution in [1.29, 1.82) is 0 Å². The number of aromatic nitrogens is 2. The molecule has 0 radical (unpaired) electrons. The number of hydrogen-bond acceptors (Lipinski definition) is 10. The number of alkyl halides is 3. The number of piperidine rings is 1. The number of hydrogen-bond donors (Lipinski definition) is 1.